The Labute approximate surface area is 669 Å². The minimum Gasteiger partial charge on any atom is -0.339 e. The highest BCUT2D eigenvalue weighted by Gasteiger charge is 2.38. The molecule has 18 rings (SSSR count). The molecule has 3 aliphatic carbocycles. The number of halogens is 6. The Kier molecular flexibility index (Phi) is 26.7. The lowest BCUT2D eigenvalue weighted by Crippen LogP contribution is -2.13. The van der Waals surface area contributed by atoms with Gasteiger partial charge in [0.15, 0.2) is 0 Å². The number of unbranched alkanes of at least 4 members (excludes halogenated alkanes) is 1. The Morgan fingerprint density at radius 1 is 0.336 bits per heavy atom. The van der Waals surface area contributed by atoms with Crippen LogP contribution in [-0.2, 0) is 12.4 Å². The molecule has 27 heteroatoms. The van der Waals surface area contributed by atoms with Gasteiger partial charge < -0.3 is 22.6 Å². The highest BCUT2D eigenvalue weighted by Crippen LogP contribution is 2.47. The number of hydrogen-bond acceptors (Lipinski definition) is 21. The molecule has 0 amide bonds. The van der Waals surface area contributed by atoms with Crippen molar-refractivity contribution in [3.8, 4) is 101 Å². The molecular weight excluding hydrogens is 1510 g/mol. The molecular formula is C89H83F6N15O5S. The van der Waals surface area contributed by atoms with Gasteiger partial charge in [0, 0.05) is 119 Å². The van der Waals surface area contributed by atoms with Crippen molar-refractivity contribution >= 4 is 11.3 Å². The molecule has 592 valence electrons. The minimum absolute atomic E-state index is 0.0186. The number of pyridine rings is 5. The number of alkyl halides is 6. The molecule has 15 aromatic rings. The molecule has 11 aromatic heterocycles. The van der Waals surface area contributed by atoms with Gasteiger partial charge in [0.05, 0.1) is 10.4 Å². The van der Waals surface area contributed by atoms with E-state index in [-0.39, 0.29) is 33.6 Å². The van der Waals surface area contributed by atoms with Crippen molar-refractivity contribution in [3.63, 3.8) is 0 Å². The Balaban J connectivity index is 0.000000120. The largest absolute Gasteiger partial charge is 0.426 e. The molecule has 0 spiro atoms. The third-order valence-corrected chi connectivity index (χ3v) is 22.2. The summed E-state index contributed by atoms with van der Waals surface area (Å²) in [4.78, 5) is 41.6. The Morgan fingerprint density at radius 2 is 0.698 bits per heavy atom. The third kappa shape index (κ3) is 21.1. The summed E-state index contributed by atoms with van der Waals surface area (Å²) in [6.45, 7) is 4.55. The van der Waals surface area contributed by atoms with Crippen LogP contribution in [0.4, 0.5) is 26.3 Å². The predicted molar refractivity (Wildman–Crippen MR) is 427 cm³/mol. The third-order valence-electron chi connectivity index (χ3n) is 21.1. The quantitative estimate of drug-likeness (QED) is 0.0767. The van der Waals surface area contributed by atoms with Crippen LogP contribution in [0.5, 0.6) is 0 Å². The first kappa shape index (κ1) is 80.2. The molecule has 3 fully saturated rings. The Hall–Kier alpha value is -12.4. The van der Waals surface area contributed by atoms with Crippen LogP contribution in [0.3, 0.4) is 0 Å². The number of rotatable bonds is 17. The second-order valence-electron chi connectivity index (χ2n) is 28.7. The van der Waals surface area contributed by atoms with E-state index in [1.807, 2.05) is 36.4 Å². The number of nitrogens with zero attached hydrogens (tertiary/aromatic N) is 15. The molecule has 0 N–H and O–H groups in total. The molecule has 0 saturated heterocycles. The number of thiophene rings is 1. The van der Waals surface area contributed by atoms with Gasteiger partial charge in [-0.3, -0.25) is 24.9 Å². The van der Waals surface area contributed by atoms with E-state index in [2.05, 4.69) is 120 Å². The van der Waals surface area contributed by atoms with Gasteiger partial charge in [-0.05, 0) is 202 Å². The monoisotopic (exact) mass is 1590 g/mol. The highest BCUT2D eigenvalue weighted by molar-refractivity contribution is 7.16. The number of hydrogen-bond donors (Lipinski definition) is 0. The Morgan fingerprint density at radius 3 is 1.11 bits per heavy atom. The van der Waals surface area contributed by atoms with E-state index in [0.29, 0.717) is 86.1 Å². The molecule has 11 heterocycles. The van der Waals surface area contributed by atoms with Crippen LogP contribution in [0.1, 0.15) is 174 Å². The van der Waals surface area contributed by atoms with Crippen molar-refractivity contribution in [2.75, 3.05) is 0 Å². The number of aromatic nitrogens is 15. The SMILES string of the molecule is CCC1CCC(c2nc(-c3ccncc3)no2)CC1.CCCCC1CCC(c2nc(-c3ccncc3)no2)CC1.FC(F)(F)c1cc(-c2ccccc2)cc(-c2nc(-c3ccncc3)no2)c1.FC(F)(F)c1sc(-c2nc(-c3ccncc3)no2)cc1-c1ccccc1.c1ccc(C2CCC(c3nc(-c4ccncc4)no3)CC2)cc1. The zero-order valence-corrected chi connectivity index (χ0v) is 64.5. The normalized spacial score (nSPS) is 17.4. The van der Waals surface area contributed by atoms with Crippen molar-refractivity contribution in [2.24, 2.45) is 11.8 Å². The topological polar surface area (TPSA) is 259 Å². The fraction of sp³-hybridized carbons (Fsp3) is 0.292. The van der Waals surface area contributed by atoms with E-state index in [9.17, 15) is 26.3 Å². The maximum atomic E-state index is 13.5. The molecule has 4 aromatic carbocycles. The zero-order chi connectivity index (χ0) is 80.1. The minimum atomic E-state index is -4.49. The molecule has 0 atom stereocenters. The van der Waals surface area contributed by atoms with Crippen molar-refractivity contribution in [2.45, 2.75) is 153 Å². The first-order valence-corrected chi connectivity index (χ1v) is 39.8. The van der Waals surface area contributed by atoms with E-state index in [1.54, 1.807) is 153 Å². The van der Waals surface area contributed by atoms with Crippen molar-refractivity contribution in [1.82, 2.24) is 75.6 Å². The lowest BCUT2D eigenvalue weighted by molar-refractivity contribution is -0.137. The average molecular weight is 1590 g/mol. The summed E-state index contributed by atoms with van der Waals surface area (Å²) in [5.41, 5.74) is 6.77. The maximum absolute atomic E-state index is 13.5. The van der Waals surface area contributed by atoms with Gasteiger partial charge in [0.2, 0.25) is 46.8 Å². The molecule has 116 heavy (non-hydrogen) atoms. The molecule has 3 saturated carbocycles. The van der Waals surface area contributed by atoms with Gasteiger partial charge >= 0.3 is 12.4 Å². The van der Waals surface area contributed by atoms with Gasteiger partial charge in [-0.2, -0.15) is 51.3 Å². The lowest BCUT2D eigenvalue weighted by Gasteiger charge is -2.26. The van der Waals surface area contributed by atoms with E-state index in [0.717, 1.165) is 71.2 Å². The highest BCUT2D eigenvalue weighted by atomic mass is 32.1. The van der Waals surface area contributed by atoms with Crippen molar-refractivity contribution < 1.29 is 49.0 Å². The molecule has 20 nitrogen and oxygen atoms in total. The first-order valence-electron chi connectivity index (χ1n) is 39.0. The van der Waals surface area contributed by atoms with E-state index in [1.165, 1.54) is 102 Å². The first-order chi connectivity index (χ1) is 56.7. The fourth-order valence-corrected chi connectivity index (χ4v) is 15.6. The van der Waals surface area contributed by atoms with Crippen LogP contribution in [0.25, 0.3) is 101 Å². The average Bonchev–Trinajstić information content (AvgIpc) is 1.61. The van der Waals surface area contributed by atoms with Crippen LogP contribution in [0.2, 0.25) is 0 Å². The van der Waals surface area contributed by atoms with Gasteiger partial charge in [0.1, 0.15) is 4.88 Å². The zero-order valence-electron chi connectivity index (χ0n) is 63.7. The summed E-state index contributed by atoms with van der Waals surface area (Å²) < 4.78 is 107. The predicted octanol–water partition coefficient (Wildman–Crippen LogP) is 24.0. The van der Waals surface area contributed by atoms with Gasteiger partial charge in [-0.25, -0.2) is 0 Å². The lowest BCUT2D eigenvalue weighted by atomic mass is 9.78. The second kappa shape index (κ2) is 38.6. The number of benzene rings is 4. The summed E-state index contributed by atoms with van der Waals surface area (Å²) >= 11 is 0.589. The van der Waals surface area contributed by atoms with Gasteiger partial charge in [-0.1, -0.05) is 156 Å². The summed E-state index contributed by atoms with van der Waals surface area (Å²) in [7, 11) is 0. The van der Waals surface area contributed by atoms with Gasteiger partial charge in [-0.15, -0.1) is 11.3 Å². The molecule has 0 radical (unpaired) electrons. The molecule has 0 aliphatic heterocycles. The smallest absolute Gasteiger partial charge is 0.339 e. The fourth-order valence-electron chi connectivity index (χ4n) is 14.6. The van der Waals surface area contributed by atoms with E-state index < -0.39 is 22.8 Å². The second-order valence-corrected chi connectivity index (χ2v) is 29.8. The summed E-state index contributed by atoms with van der Waals surface area (Å²) in [6.07, 6.45) is 27.7. The van der Waals surface area contributed by atoms with Crippen LogP contribution in [0, 0.1) is 11.8 Å². The molecule has 0 unspecified atom stereocenters. The Bertz CT molecular complexity index is 5450. The van der Waals surface area contributed by atoms with Crippen LogP contribution >= 0.6 is 11.3 Å². The van der Waals surface area contributed by atoms with E-state index in [4.69, 9.17) is 22.6 Å². The summed E-state index contributed by atoms with van der Waals surface area (Å²) in [6, 6.07) is 51.4. The summed E-state index contributed by atoms with van der Waals surface area (Å²) in [5.74, 6) is 8.81. The summed E-state index contributed by atoms with van der Waals surface area (Å²) in [5, 5.41) is 20.0. The van der Waals surface area contributed by atoms with Crippen molar-refractivity contribution in [1.29, 1.82) is 0 Å². The molecule has 3 aliphatic rings. The van der Waals surface area contributed by atoms with Crippen LogP contribution in [0.15, 0.2) is 261 Å². The van der Waals surface area contributed by atoms with Crippen LogP contribution < -0.4 is 0 Å². The van der Waals surface area contributed by atoms with Crippen LogP contribution in [-0.4, -0.2) is 75.6 Å². The standard InChI is InChI=1S/C20H12F3N3O.C19H19N3O.C18H10F3N3OS.C17H23N3O.C15H19N3O/c21-20(22,23)17-11-15(13-4-2-1-3-5-13)10-16(12-17)19-25-18(26-27-19)14-6-8-24-9-7-14;1-2-4-14(5-3-1)15-6-8-17(9-7-15)19-21-18(22-23-19)16-10-12-20-13-11-16;19-18(20,21)15-13(11-4-2-1-3-5-11)10-14(26-15)17-23-16(24-25-17)12-6-8-22-9-7-12;1-2-3-4-13-5-7-15(8-6-13)17-19-16(20-21-17)14-9-11-18-12-10-14;1-2-11-3-5-13(6-4-11)15-17-14(18-19-15)12-7-9-16-10-8-12/h1-12H;1-5,10-13,15,17H,6-9H2;1-10H;9-13,15H,2-8H2,1H3;7-11,13H,2-6H2,1H3. The molecule has 0 bridgehead atoms. The van der Waals surface area contributed by atoms with Crippen molar-refractivity contribution in [3.05, 3.63) is 272 Å². The van der Waals surface area contributed by atoms with E-state index >= 15 is 0 Å². The maximum Gasteiger partial charge on any atom is 0.426 e. The van der Waals surface area contributed by atoms with Gasteiger partial charge in [0.25, 0.3) is 11.8 Å².